The molecule has 0 amide bonds. The standard InChI is InChI=1S/C18H18Cl10O2Si3/c1-31(2,17-13(25)9(21)7(19)10(22)14(17)26)29-33(5,6)30-32(3,4)18-15(27)11(23)8(20)12(24)16(18)28/h1-6H3. The quantitative estimate of drug-likeness (QED) is 0.169. The summed E-state index contributed by atoms with van der Waals surface area (Å²) in [6, 6.07) is 0. The minimum absolute atomic E-state index is 0.0870. The van der Waals surface area contributed by atoms with Crippen molar-refractivity contribution in [2.75, 3.05) is 0 Å². The Morgan fingerprint density at radius 2 is 0.545 bits per heavy atom. The summed E-state index contributed by atoms with van der Waals surface area (Å²) in [5, 5.41) is 2.52. The molecule has 2 aromatic carbocycles. The van der Waals surface area contributed by atoms with Gasteiger partial charge in [-0.1, -0.05) is 116 Å². The van der Waals surface area contributed by atoms with E-state index in [9.17, 15) is 0 Å². The van der Waals surface area contributed by atoms with Gasteiger partial charge in [-0.2, -0.15) is 0 Å². The second-order valence-corrected chi connectivity index (χ2v) is 23.8. The van der Waals surface area contributed by atoms with Gasteiger partial charge in [0.2, 0.25) is 16.6 Å². The fourth-order valence-corrected chi connectivity index (χ4v) is 22.7. The van der Waals surface area contributed by atoms with Gasteiger partial charge >= 0.3 is 8.56 Å². The Kier molecular flexibility index (Phi) is 10.3. The van der Waals surface area contributed by atoms with Crippen molar-refractivity contribution in [3.63, 3.8) is 0 Å². The van der Waals surface area contributed by atoms with Gasteiger partial charge in [-0.25, -0.2) is 0 Å². The van der Waals surface area contributed by atoms with Crippen LogP contribution in [0.2, 0.25) is 89.5 Å². The van der Waals surface area contributed by atoms with Crippen molar-refractivity contribution in [2.45, 2.75) is 39.3 Å². The molecule has 0 N–H and O–H groups in total. The van der Waals surface area contributed by atoms with Gasteiger partial charge in [-0.05, 0) is 39.3 Å². The lowest BCUT2D eigenvalue weighted by atomic mass is 10.3. The van der Waals surface area contributed by atoms with Gasteiger partial charge in [0.15, 0.2) is 0 Å². The topological polar surface area (TPSA) is 18.5 Å². The van der Waals surface area contributed by atoms with E-state index in [1.165, 1.54) is 0 Å². The maximum absolute atomic E-state index is 6.63. The Hall–Kier alpha value is 1.91. The number of rotatable bonds is 6. The molecule has 0 aliphatic rings. The third-order valence-corrected chi connectivity index (χ3v) is 21.2. The maximum Gasteiger partial charge on any atom is 0.311 e. The van der Waals surface area contributed by atoms with Crippen LogP contribution in [0.5, 0.6) is 0 Å². The Morgan fingerprint density at radius 3 is 0.758 bits per heavy atom. The van der Waals surface area contributed by atoms with Crippen LogP contribution in [0.15, 0.2) is 0 Å². The van der Waals surface area contributed by atoms with E-state index in [2.05, 4.69) is 0 Å². The molecule has 0 aliphatic heterocycles. The first kappa shape index (κ1) is 31.1. The van der Waals surface area contributed by atoms with Crippen LogP contribution in [0.25, 0.3) is 0 Å². The first-order chi connectivity index (χ1) is 14.8. The average Bonchev–Trinajstić information content (AvgIpc) is 2.65. The van der Waals surface area contributed by atoms with Crippen LogP contribution < -0.4 is 10.4 Å². The number of hydrogen-bond acceptors (Lipinski definition) is 2. The maximum atomic E-state index is 6.63. The summed E-state index contributed by atoms with van der Waals surface area (Å²) in [7, 11) is -8.52. The Balaban J connectivity index is 2.51. The predicted molar refractivity (Wildman–Crippen MR) is 157 cm³/mol. The molecule has 2 aromatic rings. The Labute approximate surface area is 247 Å². The van der Waals surface area contributed by atoms with E-state index in [0.29, 0.717) is 10.4 Å². The smallest absolute Gasteiger partial charge is 0.311 e. The molecule has 184 valence electrons. The van der Waals surface area contributed by atoms with Crippen LogP contribution in [0.4, 0.5) is 0 Å². The van der Waals surface area contributed by atoms with Gasteiger partial charge in [0.05, 0.1) is 50.2 Å². The molecular formula is C18H18Cl10O2Si3. The minimum atomic E-state index is -2.88. The van der Waals surface area contributed by atoms with Crippen molar-refractivity contribution in [3.8, 4) is 0 Å². The van der Waals surface area contributed by atoms with Crippen LogP contribution >= 0.6 is 116 Å². The Bertz CT molecular complexity index is 978. The SMILES string of the molecule is C[Si](C)(O[Si](C)(C)c1c(Cl)c(Cl)c(Cl)c(Cl)c1Cl)O[Si](C)(C)c1c(Cl)c(Cl)c(Cl)c(Cl)c1Cl. The molecule has 2 nitrogen and oxygen atoms in total. The van der Waals surface area contributed by atoms with Crippen molar-refractivity contribution in [1.82, 2.24) is 0 Å². The highest BCUT2D eigenvalue weighted by Crippen LogP contribution is 2.42. The molecular weight excluding hydrogens is 687 g/mol. The van der Waals surface area contributed by atoms with E-state index >= 15 is 0 Å². The molecule has 0 spiro atoms. The normalized spacial score (nSPS) is 13.1. The fraction of sp³-hybridized carbons (Fsp3) is 0.333. The zero-order valence-electron chi connectivity index (χ0n) is 18.1. The summed E-state index contributed by atoms with van der Waals surface area (Å²) >= 11 is 63.5. The molecule has 0 heterocycles. The second kappa shape index (κ2) is 11.0. The van der Waals surface area contributed by atoms with Gasteiger partial charge in [0, 0.05) is 10.4 Å². The van der Waals surface area contributed by atoms with Crippen molar-refractivity contribution in [2.24, 2.45) is 0 Å². The average molecular weight is 705 g/mol. The fourth-order valence-electron chi connectivity index (χ4n) is 3.62. The van der Waals surface area contributed by atoms with E-state index < -0.39 is 25.2 Å². The third-order valence-electron chi connectivity index (χ3n) is 4.63. The zero-order valence-corrected chi connectivity index (χ0v) is 28.7. The lowest BCUT2D eigenvalue weighted by Crippen LogP contribution is -2.60. The Morgan fingerprint density at radius 1 is 0.364 bits per heavy atom. The van der Waals surface area contributed by atoms with Gasteiger partial charge < -0.3 is 8.23 Å². The largest absolute Gasteiger partial charge is 0.432 e. The molecule has 2 rings (SSSR count). The van der Waals surface area contributed by atoms with Crippen molar-refractivity contribution in [3.05, 3.63) is 50.2 Å². The van der Waals surface area contributed by atoms with Crippen LogP contribution in [0.3, 0.4) is 0 Å². The number of halogens is 10. The number of hydrogen-bond donors (Lipinski definition) is 0. The van der Waals surface area contributed by atoms with E-state index in [-0.39, 0.29) is 50.2 Å². The molecule has 33 heavy (non-hydrogen) atoms. The summed E-state index contributed by atoms with van der Waals surface area (Å²) in [5.74, 6) is 0. The van der Waals surface area contributed by atoms with Gasteiger partial charge in [-0.3, -0.25) is 0 Å². The van der Waals surface area contributed by atoms with Crippen molar-refractivity contribution in [1.29, 1.82) is 0 Å². The highest BCUT2D eigenvalue weighted by atomic mass is 35.5. The van der Waals surface area contributed by atoms with Gasteiger partial charge in [0.1, 0.15) is 0 Å². The van der Waals surface area contributed by atoms with Crippen molar-refractivity contribution >= 4 is 152 Å². The molecule has 0 atom stereocenters. The molecule has 0 radical (unpaired) electrons. The zero-order chi connectivity index (χ0) is 25.8. The van der Waals surface area contributed by atoms with Gasteiger partial charge in [0.25, 0.3) is 0 Å². The van der Waals surface area contributed by atoms with Crippen LogP contribution in [-0.4, -0.2) is 25.2 Å². The molecule has 0 unspecified atom stereocenters. The first-order valence-corrected chi connectivity index (χ1v) is 21.6. The van der Waals surface area contributed by atoms with Crippen LogP contribution in [-0.2, 0) is 8.23 Å². The molecule has 15 heteroatoms. The lowest BCUT2D eigenvalue weighted by molar-refractivity contribution is 0.401. The molecule has 0 fully saturated rings. The third kappa shape index (κ3) is 6.32. The molecule has 0 aliphatic carbocycles. The van der Waals surface area contributed by atoms with Crippen molar-refractivity contribution < 1.29 is 8.23 Å². The van der Waals surface area contributed by atoms with E-state index in [1.54, 1.807) is 0 Å². The number of benzene rings is 2. The first-order valence-electron chi connectivity index (χ1n) is 9.21. The highest BCUT2D eigenvalue weighted by Gasteiger charge is 2.45. The molecule has 0 saturated heterocycles. The summed E-state index contributed by atoms with van der Waals surface area (Å²) < 4.78 is 13.3. The lowest BCUT2D eigenvalue weighted by Gasteiger charge is -2.40. The van der Waals surface area contributed by atoms with Crippen LogP contribution in [0.1, 0.15) is 0 Å². The van der Waals surface area contributed by atoms with E-state index in [1.807, 2.05) is 39.3 Å². The minimum Gasteiger partial charge on any atom is -0.432 e. The summed E-state index contributed by atoms with van der Waals surface area (Å²) in [6.45, 7) is 11.5. The summed E-state index contributed by atoms with van der Waals surface area (Å²) in [4.78, 5) is 0. The molecule has 0 saturated carbocycles. The summed E-state index contributed by atoms with van der Waals surface area (Å²) in [6.07, 6.45) is 0. The second-order valence-electron chi connectivity index (χ2n) is 8.51. The highest BCUT2D eigenvalue weighted by molar-refractivity contribution is 6.98. The molecule has 0 aromatic heterocycles. The van der Waals surface area contributed by atoms with Gasteiger partial charge in [-0.15, -0.1) is 0 Å². The van der Waals surface area contributed by atoms with E-state index in [0.717, 1.165) is 0 Å². The summed E-state index contributed by atoms with van der Waals surface area (Å²) in [5.41, 5.74) is 0. The predicted octanol–water partition coefficient (Wildman–Crippen LogP) is 10.5. The van der Waals surface area contributed by atoms with E-state index in [4.69, 9.17) is 124 Å². The molecule has 0 bridgehead atoms. The monoisotopic (exact) mass is 700 g/mol. The van der Waals surface area contributed by atoms with Crippen LogP contribution in [0, 0.1) is 0 Å².